The molecule has 0 fully saturated rings. The maximum Gasteiger partial charge on any atom is 0.254 e. The number of halogens is 1. The molecule has 0 aliphatic heterocycles. The van der Waals surface area contributed by atoms with Gasteiger partial charge in [0.05, 0.1) is 24.4 Å². The SMILES string of the molecule is CC[C@H](C)[C@@H](CN(Cc1cccc2ccccc12)C(=O)c1cccc(Cl)c1)NC(=O)Cc1cncn1Cc1ccc(C#N)cc1. The number of amides is 2. The molecule has 0 saturated carbocycles. The van der Waals surface area contributed by atoms with Gasteiger partial charge in [0, 0.05) is 48.2 Å². The van der Waals surface area contributed by atoms with Crippen LogP contribution in [0.4, 0.5) is 0 Å². The van der Waals surface area contributed by atoms with Crippen LogP contribution in [0.15, 0.2) is 104 Å². The van der Waals surface area contributed by atoms with Gasteiger partial charge >= 0.3 is 0 Å². The van der Waals surface area contributed by atoms with Crippen LogP contribution in [0.2, 0.25) is 5.02 Å². The molecule has 1 N–H and O–H groups in total. The van der Waals surface area contributed by atoms with Crippen LogP contribution in [0.1, 0.15) is 53.0 Å². The molecule has 2 amide bonds. The van der Waals surface area contributed by atoms with Crippen molar-refractivity contribution >= 4 is 34.2 Å². The second-order valence-corrected chi connectivity index (χ2v) is 11.8. The van der Waals surface area contributed by atoms with E-state index in [-0.39, 0.29) is 30.2 Å². The van der Waals surface area contributed by atoms with Gasteiger partial charge in [-0.15, -0.1) is 0 Å². The Morgan fingerprint density at radius 2 is 1.78 bits per heavy atom. The van der Waals surface area contributed by atoms with E-state index in [1.165, 1.54) is 0 Å². The summed E-state index contributed by atoms with van der Waals surface area (Å²) in [6.07, 6.45) is 4.39. The molecule has 0 spiro atoms. The molecule has 0 saturated heterocycles. The maximum atomic E-state index is 14.0. The summed E-state index contributed by atoms with van der Waals surface area (Å²) in [5.74, 6) is -0.171. The minimum Gasteiger partial charge on any atom is -0.351 e. The molecule has 0 radical (unpaired) electrons. The summed E-state index contributed by atoms with van der Waals surface area (Å²) < 4.78 is 1.94. The highest BCUT2D eigenvalue weighted by Gasteiger charge is 2.26. The molecule has 0 aliphatic rings. The third-order valence-corrected chi connectivity index (χ3v) is 8.51. The number of fused-ring (bicyclic) bond motifs is 1. The fraction of sp³-hybridized carbons (Fsp3) is 0.243. The molecule has 2 atom stereocenters. The van der Waals surface area contributed by atoms with E-state index >= 15 is 0 Å². The largest absolute Gasteiger partial charge is 0.351 e. The molecule has 4 aromatic carbocycles. The Labute approximate surface area is 269 Å². The van der Waals surface area contributed by atoms with Crippen LogP contribution in [-0.4, -0.2) is 38.9 Å². The highest BCUT2D eigenvalue weighted by molar-refractivity contribution is 6.31. The van der Waals surface area contributed by atoms with Crippen LogP contribution in [-0.2, 0) is 24.3 Å². The monoisotopic (exact) mass is 617 g/mol. The Morgan fingerprint density at radius 3 is 2.53 bits per heavy atom. The van der Waals surface area contributed by atoms with Crippen molar-refractivity contribution in [1.29, 1.82) is 5.26 Å². The number of imidazole rings is 1. The van der Waals surface area contributed by atoms with Gasteiger partial charge in [0.2, 0.25) is 5.91 Å². The van der Waals surface area contributed by atoms with Crippen LogP contribution in [0.25, 0.3) is 10.8 Å². The van der Waals surface area contributed by atoms with Gasteiger partial charge in [-0.1, -0.05) is 92.5 Å². The molecule has 0 unspecified atom stereocenters. The number of hydrogen-bond acceptors (Lipinski definition) is 4. The van der Waals surface area contributed by atoms with Gasteiger partial charge in [0.25, 0.3) is 5.91 Å². The van der Waals surface area contributed by atoms with Gasteiger partial charge in [-0.25, -0.2) is 4.98 Å². The lowest BCUT2D eigenvalue weighted by Gasteiger charge is -2.32. The van der Waals surface area contributed by atoms with Gasteiger partial charge in [-0.3, -0.25) is 9.59 Å². The predicted molar refractivity (Wildman–Crippen MR) is 178 cm³/mol. The third kappa shape index (κ3) is 7.97. The standard InChI is InChI=1S/C37H36ClN5O2/c1-3-26(2)35(41-36(44)19-33-21-40-25-43(33)22-28-16-14-27(20-39)15-17-28)24-42(37(45)30-10-7-12-32(38)18-30)23-31-11-6-9-29-8-4-5-13-34(29)31/h4-18,21,25-26,35H,3,19,22-24H2,1-2H3,(H,41,44)/t26-,35+/m0/s1. The highest BCUT2D eigenvalue weighted by Crippen LogP contribution is 2.23. The van der Waals surface area contributed by atoms with E-state index in [4.69, 9.17) is 16.9 Å². The minimum atomic E-state index is -0.282. The van der Waals surface area contributed by atoms with Crippen LogP contribution in [0.3, 0.4) is 0 Å². The van der Waals surface area contributed by atoms with Crippen LogP contribution in [0, 0.1) is 17.2 Å². The van der Waals surface area contributed by atoms with Crippen molar-refractivity contribution in [2.24, 2.45) is 5.92 Å². The number of nitrogens with one attached hydrogen (secondary N) is 1. The third-order valence-electron chi connectivity index (χ3n) is 8.27. The quantitative estimate of drug-likeness (QED) is 0.163. The van der Waals surface area contributed by atoms with Gasteiger partial charge in [-0.2, -0.15) is 5.26 Å². The Hall–Kier alpha value is -4.93. The highest BCUT2D eigenvalue weighted by atomic mass is 35.5. The van der Waals surface area contributed by atoms with Crippen molar-refractivity contribution in [3.05, 3.63) is 136 Å². The summed E-state index contributed by atoms with van der Waals surface area (Å²) in [7, 11) is 0. The molecule has 0 bridgehead atoms. The van der Waals surface area contributed by atoms with E-state index < -0.39 is 0 Å². The molecule has 8 heteroatoms. The average Bonchev–Trinajstić information content (AvgIpc) is 3.49. The Morgan fingerprint density at radius 1 is 1.02 bits per heavy atom. The summed E-state index contributed by atoms with van der Waals surface area (Å²) in [4.78, 5) is 33.6. The van der Waals surface area contributed by atoms with Crippen molar-refractivity contribution in [3.8, 4) is 6.07 Å². The first-order valence-electron chi connectivity index (χ1n) is 15.1. The first-order chi connectivity index (χ1) is 21.8. The molecule has 1 heterocycles. The molecular weight excluding hydrogens is 582 g/mol. The molecule has 45 heavy (non-hydrogen) atoms. The number of aromatic nitrogens is 2. The van der Waals surface area contributed by atoms with E-state index in [0.29, 0.717) is 35.8 Å². The van der Waals surface area contributed by atoms with E-state index in [1.54, 1.807) is 48.9 Å². The maximum absolute atomic E-state index is 14.0. The van der Waals surface area contributed by atoms with E-state index in [2.05, 4.69) is 48.4 Å². The lowest BCUT2D eigenvalue weighted by molar-refractivity contribution is -0.121. The number of carbonyl (C=O) groups excluding carboxylic acids is 2. The Kier molecular flexibility index (Phi) is 10.3. The van der Waals surface area contributed by atoms with Crippen molar-refractivity contribution in [2.75, 3.05) is 6.54 Å². The van der Waals surface area contributed by atoms with Crippen molar-refractivity contribution in [3.63, 3.8) is 0 Å². The molecule has 7 nitrogen and oxygen atoms in total. The van der Waals surface area contributed by atoms with Gasteiger partial charge in [-0.05, 0) is 58.1 Å². The zero-order valence-electron chi connectivity index (χ0n) is 25.5. The van der Waals surface area contributed by atoms with E-state index in [0.717, 1.165) is 34.0 Å². The molecule has 228 valence electrons. The minimum absolute atomic E-state index is 0.111. The predicted octanol–water partition coefficient (Wildman–Crippen LogP) is 7.03. The zero-order chi connectivity index (χ0) is 31.8. The van der Waals surface area contributed by atoms with Crippen LogP contribution >= 0.6 is 11.6 Å². The summed E-state index contributed by atoms with van der Waals surface area (Å²) in [5, 5.41) is 15.0. The molecular formula is C37H36ClN5O2. The number of hydrogen-bond donors (Lipinski definition) is 1. The van der Waals surface area contributed by atoms with Crippen LogP contribution < -0.4 is 5.32 Å². The second-order valence-electron chi connectivity index (χ2n) is 11.4. The first kappa shape index (κ1) is 31.5. The van der Waals surface area contributed by atoms with Crippen molar-refractivity contribution in [2.45, 2.75) is 45.8 Å². The fourth-order valence-electron chi connectivity index (χ4n) is 5.49. The van der Waals surface area contributed by atoms with E-state index in [9.17, 15) is 9.59 Å². The smallest absolute Gasteiger partial charge is 0.254 e. The number of nitrogens with zero attached hydrogens (tertiary/aromatic N) is 4. The fourth-order valence-corrected chi connectivity index (χ4v) is 5.68. The normalized spacial score (nSPS) is 12.3. The second kappa shape index (κ2) is 14.7. The zero-order valence-corrected chi connectivity index (χ0v) is 26.2. The summed E-state index contributed by atoms with van der Waals surface area (Å²) in [6.45, 7) is 5.44. The van der Waals surface area contributed by atoms with Crippen LogP contribution in [0.5, 0.6) is 0 Å². The number of nitriles is 1. The van der Waals surface area contributed by atoms with Gasteiger partial charge < -0.3 is 14.8 Å². The lowest BCUT2D eigenvalue weighted by atomic mass is 9.97. The molecule has 0 aliphatic carbocycles. The molecule has 5 aromatic rings. The van der Waals surface area contributed by atoms with Crippen molar-refractivity contribution in [1.82, 2.24) is 19.8 Å². The lowest BCUT2D eigenvalue weighted by Crippen LogP contribution is -2.49. The average molecular weight is 618 g/mol. The van der Waals surface area contributed by atoms with Gasteiger partial charge in [0.15, 0.2) is 0 Å². The first-order valence-corrected chi connectivity index (χ1v) is 15.5. The summed E-state index contributed by atoms with van der Waals surface area (Å²) in [5.41, 5.74) is 3.92. The number of benzene rings is 4. The Bertz CT molecular complexity index is 1820. The Balaban J connectivity index is 1.36. The molecule has 1 aromatic heterocycles. The summed E-state index contributed by atoms with van der Waals surface area (Å²) >= 11 is 6.28. The number of carbonyl (C=O) groups is 2. The van der Waals surface area contributed by atoms with Gasteiger partial charge in [0.1, 0.15) is 0 Å². The van der Waals surface area contributed by atoms with Crippen molar-refractivity contribution < 1.29 is 9.59 Å². The number of rotatable bonds is 12. The topological polar surface area (TPSA) is 91.0 Å². The molecule has 5 rings (SSSR count). The summed E-state index contributed by atoms with van der Waals surface area (Å²) in [6, 6.07) is 30.5. The van der Waals surface area contributed by atoms with E-state index in [1.807, 2.05) is 45.9 Å².